The smallest absolute Gasteiger partial charge is 0.160 e. The summed E-state index contributed by atoms with van der Waals surface area (Å²) in [5.41, 5.74) is 11.9. The number of hydrogen-bond acceptors (Lipinski definition) is 4. The van der Waals surface area contributed by atoms with Crippen LogP contribution in [0.4, 0.5) is 0 Å². The summed E-state index contributed by atoms with van der Waals surface area (Å²) in [7, 11) is 0. The SMILES string of the molecule is c1ccc(-c2cc(-c3ccc4c(c3)C3(c5ccccc5Oc5ccccc53)c3ccc5ccoc5c3-4)nc(-c3ccccc3)n2)cc1. The predicted molar refractivity (Wildman–Crippen MR) is 185 cm³/mol. The van der Waals surface area contributed by atoms with Crippen molar-refractivity contribution in [3.63, 3.8) is 0 Å². The van der Waals surface area contributed by atoms with E-state index in [1.165, 1.54) is 11.1 Å². The van der Waals surface area contributed by atoms with E-state index in [1.807, 2.05) is 54.6 Å². The Bertz CT molecular complexity index is 2400. The molecule has 10 rings (SSSR count). The van der Waals surface area contributed by atoms with Gasteiger partial charge in [0.1, 0.15) is 17.1 Å². The molecule has 6 aromatic carbocycles. The molecule has 47 heavy (non-hydrogen) atoms. The van der Waals surface area contributed by atoms with Crippen molar-refractivity contribution in [3.8, 4) is 56.5 Å². The zero-order valence-electron chi connectivity index (χ0n) is 25.2. The predicted octanol–water partition coefficient (Wildman–Crippen LogP) is 10.7. The van der Waals surface area contributed by atoms with Crippen molar-refractivity contribution >= 4 is 11.0 Å². The molecule has 3 heterocycles. The fourth-order valence-corrected chi connectivity index (χ4v) is 7.63. The molecule has 4 nitrogen and oxygen atoms in total. The maximum atomic E-state index is 6.57. The lowest BCUT2D eigenvalue weighted by Crippen LogP contribution is -2.32. The van der Waals surface area contributed by atoms with Gasteiger partial charge >= 0.3 is 0 Å². The Balaban J connectivity index is 1.29. The van der Waals surface area contributed by atoms with Crippen LogP contribution < -0.4 is 4.74 Å². The van der Waals surface area contributed by atoms with Crippen molar-refractivity contribution in [2.24, 2.45) is 0 Å². The van der Waals surface area contributed by atoms with Crippen LogP contribution in [0.1, 0.15) is 22.3 Å². The number of para-hydroxylation sites is 2. The van der Waals surface area contributed by atoms with Crippen molar-refractivity contribution in [3.05, 3.63) is 180 Å². The van der Waals surface area contributed by atoms with Gasteiger partial charge in [-0.05, 0) is 47.0 Å². The first kappa shape index (κ1) is 26.0. The monoisotopic (exact) mass is 602 g/mol. The third kappa shape index (κ3) is 3.70. The molecule has 2 aromatic heterocycles. The van der Waals surface area contributed by atoms with E-state index in [0.29, 0.717) is 5.82 Å². The van der Waals surface area contributed by atoms with Gasteiger partial charge in [-0.25, -0.2) is 9.97 Å². The maximum absolute atomic E-state index is 6.57. The van der Waals surface area contributed by atoms with Crippen LogP contribution in [0.15, 0.2) is 162 Å². The highest BCUT2D eigenvalue weighted by molar-refractivity contribution is 6.02. The van der Waals surface area contributed by atoms with E-state index < -0.39 is 5.41 Å². The van der Waals surface area contributed by atoms with Gasteiger partial charge in [0.15, 0.2) is 5.82 Å². The van der Waals surface area contributed by atoms with Crippen LogP contribution in [-0.4, -0.2) is 9.97 Å². The third-order valence-electron chi connectivity index (χ3n) is 9.64. The Morgan fingerprint density at radius 3 is 1.83 bits per heavy atom. The minimum absolute atomic E-state index is 0.620. The number of aromatic nitrogens is 2. The van der Waals surface area contributed by atoms with Crippen molar-refractivity contribution in [1.29, 1.82) is 0 Å². The summed E-state index contributed by atoms with van der Waals surface area (Å²) in [4.78, 5) is 10.2. The quantitative estimate of drug-likeness (QED) is 0.202. The normalized spacial score (nSPS) is 13.4. The van der Waals surface area contributed by atoms with Gasteiger partial charge in [0.05, 0.1) is 23.1 Å². The lowest BCUT2D eigenvalue weighted by molar-refractivity contribution is 0.436. The molecule has 0 N–H and O–H groups in total. The molecule has 2 aliphatic rings. The van der Waals surface area contributed by atoms with E-state index in [-0.39, 0.29) is 0 Å². The molecule has 1 aliphatic heterocycles. The number of fused-ring (bicyclic) bond motifs is 11. The average Bonchev–Trinajstić information content (AvgIpc) is 3.74. The lowest BCUT2D eigenvalue weighted by atomic mass is 9.66. The summed E-state index contributed by atoms with van der Waals surface area (Å²) in [5, 5.41) is 1.08. The molecule has 0 fully saturated rings. The second-order valence-electron chi connectivity index (χ2n) is 12.1. The molecular weight excluding hydrogens is 576 g/mol. The van der Waals surface area contributed by atoms with Gasteiger partial charge in [0.25, 0.3) is 0 Å². The molecule has 0 bridgehead atoms. The summed E-state index contributed by atoms with van der Waals surface area (Å²) in [5.74, 6) is 2.41. The average molecular weight is 603 g/mol. The second kappa shape index (κ2) is 9.87. The topological polar surface area (TPSA) is 48.2 Å². The maximum Gasteiger partial charge on any atom is 0.160 e. The van der Waals surface area contributed by atoms with Gasteiger partial charge in [0, 0.05) is 38.8 Å². The number of ether oxygens (including phenoxy) is 1. The number of rotatable bonds is 3. The summed E-state index contributed by atoms with van der Waals surface area (Å²) >= 11 is 0. The number of hydrogen-bond donors (Lipinski definition) is 0. The van der Waals surface area contributed by atoms with Gasteiger partial charge in [0.2, 0.25) is 0 Å². The first-order valence-corrected chi connectivity index (χ1v) is 15.8. The zero-order chi connectivity index (χ0) is 31.0. The van der Waals surface area contributed by atoms with Crippen LogP contribution in [0.25, 0.3) is 56.0 Å². The minimum atomic E-state index is -0.620. The lowest BCUT2D eigenvalue weighted by Gasteiger charge is -2.39. The molecule has 220 valence electrons. The Hall–Kier alpha value is -6.26. The fourth-order valence-electron chi connectivity index (χ4n) is 7.63. The Morgan fingerprint density at radius 1 is 0.468 bits per heavy atom. The largest absolute Gasteiger partial charge is 0.464 e. The zero-order valence-corrected chi connectivity index (χ0v) is 25.2. The Labute approximate surface area is 271 Å². The van der Waals surface area contributed by atoms with E-state index in [9.17, 15) is 0 Å². The highest BCUT2D eigenvalue weighted by atomic mass is 16.5. The molecule has 0 saturated carbocycles. The number of nitrogens with zero attached hydrogens (tertiary/aromatic N) is 2. The summed E-state index contributed by atoms with van der Waals surface area (Å²) in [6.07, 6.45) is 1.78. The molecule has 0 amide bonds. The Kier molecular flexibility index (Phi) is 5.46. The van der Waals surface area contributed by atoms with Crippen LogP contribution >= 0.6 is 0 Å². The van der Waals surface area contributed by atoms with Gasteiger partial charge < -0.3 is 9.15 Å². The van der Waals surface area contributed by atoms with E-state index in [4.69, 9.17) is 19.1 Å². The second-order valence-corrected chi connectivity index (χ2v) is 12.1. The number of furan rings is 1. The van der Waals surface area contributed by atoms with E-state index in [2.05, 4.69) is 97.1 Å². The van der Waals surface area contributed by atoms with E-state index in [0.717, 1.165) is 72.8 Å². The molecule has 0 atom stereocenters. The summed E-state index contributed by atoms with van der Waals surface area (Å²) in [6.45, 7) is 0. The highest BCUT2D eigenvalue weighted by Gasteiger charge is 2.52. The van der Waals surface area contributed by atoms with Crippen LogP contribution in [0.5, 0.6) is 11.5 Å². The van der Waals surface area contributed by atoms with E-state index >= 15 is 0 Å². The molecule has 1 aliphatic carbocycles. The first-order valence-electron chi connectivity index (χ1n) is 15.8. The molecule has 0 saturated heterocycles. The van der Waals surface area contributed by atoms with Gasteiger partial charge in [-0.1, -0.05) is 121 Å². The fraction of sp³-hybridized carbons (Fsp3) is 0.0233. The molecule has 8 aromatic rings. The van der Waals surface area contributed by atoms with Crippen molar-refractivity contribution < 1.29 is 9.15 Å². The summed E-state index contributed by atoms with van der Waals surface area (Å²) < 4.78 is 12.8. The van der Waals surface area contributed by atoms with Gasteiger partial charge in [-0.15, -0.1) is 0 Å². The highest BCUT2D eigenvalue weighted by Crippen LogP contribution is 2.63. The van der Waals surface area contributed by atoms with E-state index in [1.54, 1.807) is 6.26 Å². The van der Waals surface area contributed by atoms with Crippen LogP contribution in [-0.2, 0) is 5.41 Å². The molecule has 0 radical (unpaired) electrons. The standard InChI is InChI=1S/C43H26N2O2/c1-3-11-27(12-4-1)36-26-37(45-42(44-36)29-13-5-2-6-14-29)30-19-21-31-35(25-30)43(34-22-20-28-23-24-46-41(28)40(31)34)32-15-7-9-17-38(32)47-39-18-10-8-16-33(39)43/h1-26H. The molecule has 1 spiro atoms. The van der Waals surface area contributed by atoms with Crippen LogP contribution in [0.2, 0.25) is 0 Å². The first-order chi connectivity index (χ1) is 23.3. The van der Waals surface area contributed by atoms with Crippen LogP contribution in [0.3, 0.4) is 0 Å². The Morgan fingerprint density at radius 2 is 1.11 bits per heavy atom. The summed E-state index contributed by atoms with van der Waals surface area (Å²) in [6, 6.07) is 52.7. The van der Waals surface area contributed by atoms with Gasteiger partial charge in [-0.3, -0.25) is 0 Å². The minimum Gasteiger partial charge on any atom is -0.464 e. The molecule has 0 unspecified atom stereocenters. The number of benzene rings is 6. The van der Waals surface area contributed by atoms with Crippen molar-refractivity contribution in [2.45, 2.75) is 5.41 Å². The van der Waals surface area contributed by atoms with Crippen LogP contribution in [0, 0.1) is 0 Å². The third-order valence-corrected chi connectivity index (χ3v) is 9.64. The van der Waals surface area contributed by atoms with Crippen molar-refractivity contribution in [1.82, 2.24) is 9.97 Å². The molecular formula is C43H26N2O2. The molecule has 4 heteroatoms. The van der Waals surface area contributed by atoms with Gasteiger partial charge in [-0.2, -0.15) is 0 Å². The van der Waals surface area contributed by atoms with Crippen molar-refractivity contribution in [2.75, 3.05) is 0 Å².